The lowest BCUT2D eigenvalue weighted by Crippen LogP contribution is -2.37. The van der Waals surface area contributed by atoms with Gasteiger partial charge in [-0.2, -0.15) is 0 Å². The average molecular weight is 248 g/mol. The van der Waals surface area contributed by atoms with E-state index in [0.717, 1.165) is 31.2 Å². The molecule has 1 aromatic carbocycles. The summed E-state index contributed by atoms with van der Waals surface area (Å²) in [5.74, 6) is 1.50. The quantitative estimate of drug-likeness (QED) is 0.867. The first kappa shape index (κ1) is 11.7. The first-order chi connectivity index (χ1) is 8.81. The number of rotatable bonds is 2. The number of para-hydroxylation sites is 1. The summed E-state index contributed by atoms with van der Waals surface area (Å²) in [6.45, 7) is 5.33. The van der Waals surface area contributed by atoms with Crippen LogP contribution in [0.3, 0.4) is 0 Å². The van der Waals surface area contributed by atoms with E-state index in [1.54, 1.807) is 0 Å². The summed E-state index contributed by atoms with van der Waals surface area (Å²) in [6.07, 6.45) is 0. The molecule has 0 bridgehead atoms. The fraction of sp³-hybridized carbons (Fsp3) is 0.571. The number of ether oxygens (including phenoxy) is 2. The van der Waals surface area contributed by atoms with Crippen molar-refractivity contribution in [1.82, 2.24) is 0 Å². The van der Waals surface area contributed by atoms with Crippen molar-refractivity contribution in [2.24, 2.45) is 5.92 Å². The minimum absolute atomic E-state index is 0.468. The molecule has 18 heavy (non-hydrogen) atoms. The molecule has 0 saturated carbocycles. The highest BCUT2D eigenvalue weighted by molar-refractivity contribution is 5.77. The fourth-order valence-corrected chi connectivity index (χ4v) is 2.89. The van der Waals surface area contributed by atoms with Crippen molar-refractivity contribution in [3.05, 3.63) is 18.2 Å². The standard InChI is InChI=1S/C14H20N2O2/c1-3-18-13-6-4-5-11-14(13)15-7-10-8-17-9-12(10)16(11)2/h4-6,10,12,15H,3,7-9H2,1-2H3. The van der Waals surface area contributed by atoms with Gasteiger partial charge < -0.3 is 19.7 Å². The van der Waals surface area contributed by atoms with Gasteiger partial charge in [-0.3, -0.25) is 0 Å². The maximum absolute atomic E-state index is 5.71. The summed E-state index contributed by atoms with van der Waals surface area (Å²) < 4.78 is 11.3. The van der Waals surface area contributed by atoms with Crippen LogP contribution in [0, 0.1) is 5.92 Å². The number of nitrogens with one attached hydrogen (secondary N) is 1. The second-order valence-corrected chi connectivity index (χ2v) is 4.94. The lowest BCUT2D eigenvalue weighted by molar-refractivity contribution is 0.185. The van der Waals surface area contributed by atoms with Crippen molar-refractivity contribution in [3.8, 4) is 5.75 Å². The zero-order valence-electron chi connectivity index (χ0n) is 11.0. The van der Waals surface area contributed by atoms with Gasteiger partial charge in [0.25, 0.3) is 0 Å². The molecule has 4 heteroatoms. The number of hydrogen-bond donors (Lipinski definition) is 1. The zero-order valence-corrected chi connectivity index (χ0v) is 11.0. The number of benzene rings is 1. The van der Waals surface area contributed by atoms with E-state index >= 15 is 0 Å². The van der Waals surface area contributed by atoms with Crippen molar-refractivity contribution >= 4 is 11.4 Å². The highest BCUT2D eigenvalue weighted by Gasteiger charge is 2.35. The predicted octanol–water partition coefficient (Wildman–Crippen LogP) is 1.96. The van der Waals surface area contributed by atoms with Crippen molar-refractivity contribution < 1.29 is 9.47 Å². The Balaban J connectivity index is 1.99. The fourth-order valence-electron chi connectivity index (χ4n) is 2.89. The van der Waals surface area contributed by atoms with Crippen LogP contribution < -0.4 is 15.0 Å². The highest BCUT2D eigenvalue weighted by Crippen LogP contribution is 2.39. The van der Waals surface area contributed by atoms with Gasteiger partial charge in [-0.05, 0) is 19.1 Å². The molecule has 4 nitrogen and oxygen atoms in total. The number of hydrogen-bond acceptors (Lipinski definition) is 4. The summed E-state index contributed by atoms with van der Waals surface area (Å²) in [7, 11) is 2.15. The van der Waals surface area contributed by atoms with Crippen molar-refractivity contribution in [3.63, 3.8) is 0 Å². The smallest absolute Gasteiger partial charge is 0.144 e. The first-order valence-corrected chi connectivity index (χ1v) is 6.61. The second-order valence-electron chi connectivity index (χ2n) is 4.94. The second kappa shape index (κ2) is 4.69. The molecule has 0 spiro atoms. The third kappa shape index (κ3) is 1.81. The SMILES string of the molecule is CCOc1cccc2c1NCC1COCC1N2C. The molecular weight excluding hydrogens is 228 g/mol. The Morgan fingerprint density at radius 3 is 3.17 bits per heavy atom. The van der Waals surface area contributed by atoms with Gasteiger partial charge in [0.1, 0.15) is 11.4 Å². The molecule has 2 atom stereocenters. The Morgan fingerprint density at radius 1 is 1.44 bits per heavy atom. The Bertz CT molecular complexity index is 436. The van der Waals surface area contributed by atoms with E-state index in [9.17, 15) is 0 Å². The molecule has 1 saturated heterocycles. The molecule has 2 unspecified atom stereocenters. The van der Waals surface area contributed by atoms with Gasteiger partial charge in [-0.1, -0.05) is 6.07 Å². The van der Waals surface area contributed by atoms with Gasteiger partial charge >= 0.3 is 0 Å². The van der Waals surface area contributed by atoms with Crippen molar-refractivity contribution in [2.45, 2.75) is 13.0 Å². The first-order valence-electron chi connectivity index (χ1n) is 6.61. The monoisotopic (exact) mass is 248 g/mol. The van der Waals surface area contributed by atoms with E-state index in [1.165, 1.54) is 5.69 Å². The number of anilines is 2. The van der Waals surface area contributed by atoms with E-state index in [0.29, 0.717) is 18.6 Å². The molecule has 0 radical (unpaired) electrons. The molecule has 98 valence electrons. The van der Waals surface area contributed by atoms with Crippen LogP contribution in [0.4, 0.5) is 11.4 Å². The molecule has 1 aromatic rings. The molecule has 1 N–H and O–H groups in total. The van der Waals surface area contributed by atoms with Crippen LogP contribution in [-0.4, -0.2) is 39.5 Å². The molecule has 2 aliphatic heterocycles. The van der Waals surface area contributed by atoms with E-state index < -0.39 is 0 Å². The molecule has 0 aromatic heterocycles. The Kier molecular flexibility index (Phi) is 3.04. The maximum atomic E-state index is 5.71. The highest BCUT2D eigenvalue weighted by atomic mass is 16.5. The number of fused-ring (bicyclic) bond motifs is 2. The number of nitrogens with zero attached hydrogens (tertiary/aromatic N) is 1. The summed E-state index contributed by atoms with van der Waals surface area (Å²) in [5.41, 5.74) is 2.33. The van der Waals surface area contributed by atoms with Crippen LogP contribution in [0.2, 0.25) is 0 Å². The third-order valence-electron chi connectivity index (χ3n) is 3.89. The molecule has 0 amide bonds. The number of likely N-dealkylation sites (N-methyl/N-ethyl adjacent to an activating group) is 1. The molecule has 3 rings (SSSR count). The van der Waals surface area contributed by atoms with Crippen LogP contribution in [0.15, 0.2) is 18.2 Å². The van der Waals surface area contributed by atoms with Gasteiger partial charge in [0, 0.05) is 19.5 Å². The average Bonchev–Trinajstić information content (AvgIpc) is 2.80. The summed E-state index contributed by atoms with van der Waals surface area (Å²) in [5, 5.41) is 3.53. The zero-order chi connectivity index (χ0) is 12.5. The third-order valence-corrected chi connectivity index (χ3v) is 3.89. The van der Waals surface area contributed by atoms with Crippen LogP contribution in [0.5, 0.6) is 5.75 Å². The maximum Gasteiger partial charge on any atom is 0.144 e. The molecule has 0 aliphatic carbocycles. The van der Waals surface area contributed by atoms with Crippen molar-refractivity contribution in [1.29, 1.82) is 0 Å². The largest absolute Gasteiger partial charge is 0.492 e. The van der Waals surface area contributed by atoms with Gasteiger partial charge in [-0.25, -0.2) is 0 Å². The molecular formula is C14H20N2O2. The lowest BCUT2D eigenvalue weighted by atomic mass is 10.0. The minimum atomic E-state index is 0.468. The molecule has 2 aliphatic rings. The van der Waals surface area contributed by atoms with E-state index in [1.807, 2.05) is 13.0 Å². The van der Waals surface area contributed by atoms with Gasteiger partial charge in [0.15, 0.2) is 0 Å². The summed E-state index contributed by atoms with van der Waals surface area (Å²) in [6, 6.07) is 6.69. The van der Waals surface area contributed by atoms with Crippen LogP contribution in [-0.2, 0) is 4.74 Å². The van der Waals surface area contributed by atoms with E-state index in [2.05, 4.69) is 29.4 Å². The van der Waals surface area contributed by atoms with E-state index in [-0.39, 0.29) is 0 Å². The summed E-state index contributed by atoms with van der Waals surface area (Å²) in [4.78, 5) is 2.33. The van der Waals surface area contributed by atoms with Crippen molar-refractivity contribution in [2.75, 3.05) is 43.6 Å². The normalized spacial score (nSPS) is 26.0. The predicted molar refractivity (Wildman–Crippen MR) is 72.6 cm³/mol. The lowest BCUT2D eigenvalue weighted by Gasteiger charge is -2.27. The van der Waals surface area contributed by atoms with Gasteiger partial charge in [0.2, 0.25) is 0 Å². The Hall–Kier alpha value is -1.42. The Morgan fingerprint density at radius 2 is 2.33 bits per heavy atom. The van der Waals surface area contributed by atoms with Gasteiger partial charge in [0.05, 0.1) is 31.5 Å². The Labute approximate surface area is 108 Å². The molecule has 2 heterocycles. The molecule has 1 fully saturated rings. The van der Waals surface area contributed by atoms with E-state index in [4.69, 9.17) is 9.47 Å². The topological polar surface area (TPSA) is 33.7 Å². The summed E-state index contributed by atoms with van der Waals surface area (Å²) >= 11 is 0. The van der Waals surface area contributed by atoms with Crippen LogP contribution >= 0.6 is 0 Å². The minimum Gasteiger partial charge on any atom is -0.492 e. The van der Waals surface area contributed by atoms with Crippen LogP contribution in [0.1, 0.15) is 6.92 Å². The van der Waals surface area contributed by atoms with Gasteiger partial charge in [-0.15, -0.1) is 0 Å². The van der Waals surface area contributed by atoms with Crippen LogP contribution in [0.25, 0.3) is 0 Å².